The zero-order valence-electron chi connectivity index (χ0n) is 12.6. The first kappa shape index (κ1) is 14.5. The van der Waals surface area contributed by atoms with Gasteiger partial charge in [-0.3, -0.25) is 14.9 Å². The molecule has 4 rings (SSSR count). The van der Waals surface area contributed by atoms with Gasteiger partial charge < -0.3 is 9.64 Å². The largest absolute Gasteiger partial charge is 0.368 e. The van der Waals surface area contributed by atoms with Crippen LogP contribution in [0.3, 0.4) is 0 Å². The van der Waals surface area contributed by atoms with Gasteiger partial charge in [0.25, 0.3) is 5.91 Å². The molecular weight excluding hydrogens is 312 g/mol. The molecule has 10 nitrogen and oxygen atoms in total. The molecule has 3 aromatic heterocycles. The maximum absolute atomic E-state index is 12.7. The fourth-order valence-corrected chi connectivity index (χ4v) is 2.55. The number of aromatic nitrogens is 7. The highest BCUT2D eigenvalue weighted by Crippen LogP contribution is 2.21. The fourth-order valence-electron chi connectivity index (χ4n) is 2.55. The van der Waals surface area contributed by atoms with Crippen molar-refractivity contribution in [2.24, 2.45) is 0 Å². The highest BCUT2D eigenvalue weighted by Gasteiger charge is 2.27. The predicted octanol–water partition coefficient (Wildman–Crippen LogP) is -0.00590. The molecule has 3 aromatic rings. The lowest BCUT2D eigenvalue weighted by molar-refractivity contribution is -0.0249. The van der Waals surface area contributed by atoms with Gasteiger partial charge in [-0.1, -0.05) is 6.07 Å². The Morgan fingerprint density at radius 2 is 2.33 bits per heavy atom. The van der Waals surface area contributed by atoms with Gasteiger partial charge >= 0.3 is 0 Å². The first-order valence-electron chi connectivity index (χ1n) is 7.42. The van der Waals surface area contributed by atoms with E-state index in [2.05, 4.69) is 30.7 Å². The molecule has 1 aliphatic rings. The molecule has 4 heterocycles. The van der Waals surface area contributed by atoms with Gasteiger partial charge in [-0.05, 0) is 22.6 Å². The summed E-state index contributed by atoms with van der Waals surface area (Å²) >= 11 is 0. The van der Waals surface area contributed by atoms with Gasteiger partial charge in [0.05, 0.1) is 18.8 Å². The number of hydrogen-bond acceptors (Lipinski definition) is 7. The molecule has 1 fully saturated rings. The molecule has 122 valence electrons. The van der Waals surface area contributed by atoms with Crippen LogP contribution in [0.4, 0.5) is 0 Å². The third-order valence-corrected chi connectivity index (χ3v) is 3.75. The van der Waals surface area contributed by atoms with E-state index in [1.165, 1.54) is 11.0 Å². The molecule has 1 saturated heterocycles. The quantitative estimate of drug-likeness (QED) is 0.720. The number of nitrogens with one attached hydrogen (secondary N) is 1. The first-order valence-corrected chi connectivity index (χ1v) is 7.42. The summed E-state index contributed by atoms with van der Waals surface area (Å²) in [5, 5.41) is 17.6. The molecule has 0 saturated carbocycles. The summed E-state index contributed by atoms with van der Waals surface area (Å²) in [6.45, 7) is 1.41. The average Bonchev–Trinajstić information content (AvgIpc) is 3.33. The van der Waals surface area contributed by atoms with Crippen molar-refractivity contribution in [2.75, 3.05) is 19.7 Å². The fraction of sp³-hybridized carbons (Fsp3) is 0.286. The topological polar surface area (TPSA) is 115 Å². The monoisotopic (exact) mass is 326 g/mol. The summed E-state index contributed by atoms with van der Waals surface area (Å²) in [4.78, 5) is 18.7. The number of amides is 1. The SMILES string of the molecule is O=C(c1cc(-n2cnnn2)n[nH]1)N1CCOC(c2ccccn2)C1. The molecule has 1 unspecified atom stereocenters. The molecule has 1 amide bonds. The van der Waals surface area contributed by atoms with E-state index in [0.717, 1.165) is 5.69 Å². The minimum absolute atomic E-state index is 0.147. The van der Waals surface area contributed by atoms with Crippen molar-refractivity contribution >= 4 is 5.91 Å². The molecule has 24 heavy (non-hydrogen) atoms. The van der Waals surface area contributed by atoms with E-state index in [9.17, 15) is 4.79 Å². The van der Waals surface area contributed by atoms with Crippen LogP contribution in [0.1, 0.15) is 22.3 Å². The van der Waals surface area contributed by atoms with Crippen LogP contribution in [0.2, 0.25) is 0 Å². The number of H-pyrrole nitrogens is 1. The summed E-state index contributed by atoms with van der Waals surface area (Å²) in [5.74, 6) is 0.309. The summed E-state index contributed by atoms with van der Waals surface area (Å²) in [7, 11) is 0. The number of ether oxygens (including phenoxy) is 1. The van der Waals surface area contributed by atoms with Crippen LogP contribution >= 0.6 is 0 Å². The average molecular weight is 326 g/mol. The van der Waals surface area contributed by atoms with Crippen molar-refractivity contribution in [2.45, 2.75) is 6.10 Å². The molecule has 1 N–H and O–H groups in total. The van der Waals surface area contributed by atoms with Crippen LogP contribution in [0.25, 0.3) is 5.82 Å². The van der Waals surface area contributed by atoms with Crippen molar-refractivity contribution in [1.29, 1.82) is 0 Å². The maximum Gasteiger partial charge on any atom is 0.272 e. The first-order chi connectivity index (χ1) is 11.8. The van der Waals surface area contributed by atoms with Gasteiger partial charge in [0.15, 0.2) is 5.82 Å². The maximum atomic E-state index is 12.7. The Kier molecular flexibility index (Phi) is 3.71. The number of carbonyl (C=O) groups excluding carboxylic acids is 1. The smallest absolute Gasteiger partial charge is 0.272 e. The van der Waals surface area contributed by atoms with Crippen LogP contribution in [-0.4, -0.2) is 65.9 Å². The molecule has 1 aliphatic heterocycles. The molecule has 10 heteroatoms. The Bertz CT molecular complexity index is 816. The van der Waals surface area contributed by atoms with Gasteiger partial charge in [0.2, 0.25) is 0 Å². The standard InChI is InChI=1S/C14H14N8O2/c23-14(11-7-13(18-17-11)22-9-16-19-20-22)21-5-6-24-12(8-21)10-3-1-2-4-15-10/h1-4,7,9,12H,5-6,8H2,(H,17,18). The van der Waals surface area contributed by atoms with Gasteiger partial charge in [-0.2, -0.15) is 9.78 Å². The lowest BCUT2D eigenvalue weighted by Crippen LogP contribution is -2.42. The molecule has 0 radical (unpaired) electrons. The lowest BCUT2D eigenvalue weighted by Gasteiger charge is -2.32. The van der Waals surface area contributed by atoms with Crippen LogP contribution < -0.4 is 0 Å². The zero-order chi connectivity index (χ0) is 16.4. The zero-order valence-corrected chi connectivity index (χ0v) is 12.6. The van der Waals surface area contributed by atoms with Crippen molar-refractivity contribution in [3.63, 3.8) is 0 Å². The van der Waals surface area contributed by atoms with Gasteiger partial charge in [0.1, 0.15) is 18.1 Å². The summed E-state index contributed by atoms with van der Waals surface area (Å²) < 4.78 is 7.11. The summed E-state index contributed by atoms with van der Waals surface area (Å²) in [6.07, 6.45) is 2.90. The number of pyridine rings is 1. The van der Waals surface area contributed by atoms with E-state index in [0.29, 0.717) is 31.2 Å². The van der Waals surface area contributed by atoms with Crippen molar-refractivity contribution < 1.29 is 9.53 Å². The number of rotatable bonds is 3. The van der Waals surface area contributed by atoms with E-state index in [1.807, 2.05) is 18.2 Å². The summed E-state index contributed by atoms with van der Waals surface area (Å²) in [6, 6.07) is 7.26. The molecule has 0 bridgehead atoms. The van der Waals surface area contributed by atoms with Gasteiger partial charge in [-0.25, -0.2) is 0 Å². The minimum atomic E-state index is -0.231. The van der Waals surface area contributed by atoms with E-state index >= 15 is 0 Å². The third-order valence-electron chi connectivity index (χ3n) is 3.75. The van der Waals surface area contributed by atoms with Crippen molar-refractivity contribution in [3.05, 3.63) is 48.2 Å². The number of carbonyl (C=O) groups is 1. The second-order valence-electron chi connectivity index (χ2n) is 5.26. The molecule has 0 aromatic carbocycles. The highest BCUT2D eigenvalue weighted by molar-refractivity contribution is 5.92. The Labute approximate surface area is 136 Å². The van der Waals surface area contributed by atoms with Crippen LogP contribution in [0.5, 0.6) is 0 Å². The number of tetrazole rings is 1. The molecule has 0 spiro atoms. The van der Waals surface area contributed by atoms with E-state index in [1.54, 1.807) is 17.2 Å². The second-order valence-corrected chi connectivity index (χ2v) is 5.26. The van der Waals surface area contributed by atoms with Gasteiger partial charge in [0, 0.05) is 18.8 Å². The van der Waals surface area contributed by atoms with E-state index in [4.69, 9.17) is 4.74 Å². The Balaban J connectivity index is 1.50. The third kappa shape index (κ3) is 2.74. The van der Waals surface area contributed by atoms with Crippen molar-refractivity contribution in [1.82, 2.24) is 40.3 Å². The van der Waals surface area contributed by atoms with Crippen LogP contribution in [0.15, 0.2) is 36.8 Å². The number of aromatic amines is 1. The second kappa shape index (κ2) is 6.16. The normalized spacial score (nSPS) is 17.8. The Hall–Kier alpha value is -3.14. The molecule has 1 atom stereocenters. The lowest BCUT2D eigenvalue weighted by atomic mass is 10.2. The van der Waals surface area contributed by atoms with E-state index in [-0.39, 0.29) is 12.0 Å². The Morgan fingerprint density at radius 3 is 3.12 bits per heavy atom. The highest BCUT2D eigenvalue weighted by atomic mass is 16.5. The number of hydrogen-bond donors (Lipinski definition) is 1. The number of nitrogens with zero attached hydrogens (tertiary/aromatic N) is 7. The van der Waals surface area contributed by atoms with Crippen molar-refractivity contribution in [3.8, 4) is 5.82 Å². The Morgan fingerprint density at radius 1 is 1.38 bits per heavy atom. The molecular formula is C14H14N8O2. The minimum Gasteiger partial charge on any atom is -0.368 e. The van der Waals surface area contributed by atoms with E-state index < -0.39 is 0 Å². The van der Waals surface area contributed by atoms with Crippen LogP contribution in [-0.2, 0) is 4.74 Å². The summed E-state index contributed by atoms with van der Waals surface area (Å²) in [5.41, 5.74) is 1.19. The predicted molar refractivity (Wildman–Crippen MR) is 80.1 cm³/mol. The van der Waals surface area contributed by atoms with Gasteiger partial charge in [-0.15, -0.1) is 5.10 Å². The van der Waals surface area contributed by atoms with Crippen LogP contribution in [0, 0.1) is 0 Å². The molecule has 0 aliphatic carbocycles. The number of morpholine rings is 1.